The van der Waals surface area contributed by atoms with Gasteiger partial charge in [-0.25, -0.2) is 4.79 Å². The summed E-state index contributed by atoms with van der Waals surface area (Å²) >= 11 is 0. The molecule has 7 nitrogen and oxygen atoms in total. The smallest absolute Gasteiger partial charge is 0.408 e. The van der Waals surface area contributed by atoms with Crippen molar-refractivity contribution in [2.45, 2.75) is 45.8 Å². The van der Waals surface area contributed by atoms with Crippen LogP contribution in [0.5, 0.6) is 5.75 Å². The number of halogens is 1. The van der Waals surface area contributed by atoms with Gasteiger partial charge in [0.1, 0.15) is 18.0 Å². The first kappa shape index (κ1) is 25.3. The van der Waals surface area contributed by atoms with Gasteiger partial charge in [0, 0.05) is 13.6 Å². The number of hydrogen-bond donors (Lipinski definition) is 3. The van der Waals surface area contributed by atoms with Crippen LogP contribution in [0.4, 0.5) is 4.79 Å². The number of aliphatic imine (C=N–C) groups is 1. The first-order valence-electron chi connectivity index (χ1n) is 8.75. The van der Waals surface area contributed by atoms with Crippen LogP contribution in [0.15, 0.2) is 35.3 Å². The van der Waals surface area contributed by atoms with Gasteiger partial charge in [-0.2, -0.15) is 0 Å². The molecule has 0 atom stereocenters. The number of nitrogens with one attached hydrogen (secondary N) is 3. The maximum atomic E-state index is 11.9. The molecule has 154 valence electrons. The average Bonchev–Trinajstić information content (AvgIpc) is 2.52. The van der Waals surface area contributed by atoms with Gasteiger partial charge in [0.05, 0.1) is 12.1 Å². The second kappa shape index (κ2) is 11.9. The molecule has 0 saturated carbocycles. The lowest BCUT2D eigenvalue weighted by molar-refractivity contribution is 0.0474. The van der Waals surface area contributed by atoms with Crippen LogP contribution in [-0.2, 0) is 4.74 Å². The lowest BCUT2D eigenvalue weighted by Gasteiger charge is -2.29. The van der Waals surface area contributed by atoms with Crippen molar-refractivity contribution in [1.82, 2.24) is 16.0 Å². The van der Waals surface area contributed by atoms with E-state index in [1.165, 1.54) is 0 Å². The lowest BCUT2D eigenvalue weighted by Crippen LogP contribution is -2.54. The Kier molecular flexibility index (Phi) is 11.1. The summed E-state index contributed by atoms with van der Waals surface area (Å²) in [6, 6.07) is 9.64. The monoisotopic (exact) mass is 492 g/mol. The minimum atomic E-state index is -0.524. The maximum Gasteiger partial charge on any atom is 0.408 e. The quantitative estimate of drug-likeness (QED) is 0.236. The Morgan fingerprint density at radius 2 is 1.70 bits per heavy atom. The number of hydrogen-bond acceptors (Lipinski definition) is 4. The van der Waals surface area contributed by atoms with E-state index in [2.05, 4.69) is 20.9 Å². The van der Waals surface area contributed by atoms with Gasteiger partial charge in [-0.15, -0.1) is 24.0 Å². The summed E-state index contributed by atoms with van der Waals surface area (Å²) in [5, 5.41) is 9.21. The molecule has 0 aliphatic heterocycles. The molecule has 1 aromatic rings. The Balaban J connectivity index is 0.00000676. The van der Waals surface area contributed by atoms with Crippen LogP contribution in [0.1, 0.15) is 34.6 Å². The lowest BCUT2D eigenvalue weighted by atomic mass is 10.1. The molecule has 0 aromatic heterocycles. The number of amides is 1. The number of para-hydroxylation sites is 1. The highest BCUT2D eigenvalue weighted by molar-refractivity contribution is 14.0. The summed E-state index contributed by atoms with van der Waals surface area (Å²) < 4.78 is 10.9. The Bertz CT molecular complexity index is 586. The van der Waals surface area contributed by atoms with Crippen molar-refractivity contribution in [3.63, 3.8) is 0 Å². The highest BCUT2D eigenvalue weighted by Crippen LogP contribution is 2.09. The second-order valence-electron chi connectivity index (χ2n) is 7.52. The van der Waals surface area contributed by atoms with Gasteiger partial charge in [-0.1, -0.05) is 18.2 Å². The van der Waals surface area contributed by atoms with Crippen molar-refractivity contribution < 1.29 is 14.3 Å². The summed E-state index contributed by atoms with van der Waals surface area (Å²) in [7, 11) is 1.70. The fourth-order valence-electron chi connectivity index (χ4n) is 2.00. The third-order valence-corrected chi connectivity index (χ3v) is 3.17. The van der Waals surface area contributed by atoms with Crippen molar-refractivity contribution in [1.29, 1.82) is 0 Å². The molecule has 0 aliphatic rings. The third kappa shape index (κ3) is 12.3. The van der Waals surface area contributed by atoms with E-state index in [1.54, 1.807) is 7.05 Å². The van der Waals surface area contributed by atoms with Crippen molar-refractivity contribution in [2.24, 2.45) is 4.99 Å². The number of nitrogens with zero attached hydrogens (tertiary/aromatic N) is 1. The van der Waals surface area contributed by atoms with Crippen LogP contribution >= 0.6 is 24.0 Å². The summed E-state index contributed by atoms with van der Waals surface area (Å²) in [5.41, 5.74) is -1.02. The van der Waals surface area contributed by atoms with E-state index < -0.39 is 17.2 Å². The molecule has 1 amide bonds. The van der Waals surface area contributed by atoms with Crippen molar-refractivity contribution in [3.8, 4) is 5.75 Å². The first-order chi connectivity index (χ1) is 12.1. The van der Waals surface area contributed by atoms with Crippen molar-refractivity contribution >= 4 is 36.0 Å². The van der Waals surface area contributed by atoms with Crippen LogP contribution < -0.4 is 20.7 Å². The minimum absolute atomic E-state index is 0. The molecule has 0 heterocycles. The second-order valence-corrected chi connectivity index (χ2v) is 7.52. The van der Waals surface area contributed by atoms with Gasteiger partial charge in [-0.3, -0.25) is 4.99 Å². The zero-order chi connectivity index (χ0) is 19.6. The topological polar surface area (TPSA) is 84.0 Å². The maximum absolute atomic E-state index is 11.9. The van der Waals surface area contributed by atoms with Gasteiger partial charge in [-0.05, 0) is 46.8 Å². The number of ether oxygens (including phenoxy) is 2. The van der Waals surface area contributed by atoms with E-state index in [0.717, 1.165) is 5.75 Å². The third-order valence-electron chi connectivity index (χ3n) is 3.17. The molecular formula is C19H33IN4O3. The summed E-state index contributed by atoms with van der Waals surface area (Å²) in [6.07, 6.45) is -0.441. The zero-order valence-corrected chi connectivity index (χ0v) is 19.4. The molecule has 0 fully saturated rings. The number of rotatable bonds is 7. The Morgan fingerprint density at radius 1 is 1.07 bits per heavy atom. The SMILES string of the molecule is CN=C(NCCOc1ccccc1)NCC(C)(C)NC(=O)OC(C)(C)C.I. The van der Waals surface area contributed by atoms with E-state index in [0.29, 0.717) is 25.7 Å². The highest BCUT2D eigenvalue weighted by Gasteiger charge is 2.24. The minimum Gasteiger partial charge on any atom is -0.492 e. The van der Waals surface area contributed by atoms with Crippen LogP contribution in [0.3, 0.4) is 0 Å². The number of benzene rings is 1. The molecule has 0 radical (unpaired) electrons. The number of alkyl carbamates (subject to hydrolysis) is 1. The molecule has 0 bridgehead atoms. The fraction of sp³-hybridized carbons (Fsp3) is 0.579. The molecule has 0 unspecified atom stereocenters. The molecule has 1 rings (SSSR count). The van der Waals surface area contributed by atoms with E-state index in [9.17, 15) is 4.79 Å². The molecule has 0 saturated heterocycles. The molecule has 0 aliphatic carbocycles. The van der Waals surface area contributed by atoms with Gasteiger partial charge >= 0.3 is 6.09 Å². The Labute approximate surface area is 179 Å². The van der Waals surface area contributed by atoms with Crippen LogP contribution in [0, 0.1) is 0 Å². The van der Waals surface area contributed by atoms with E-state index in [-0.39, 0.29) is 24.0 Å². The number of carbonyl (C=O) groups is 1. The summed E-state index contributed by atoms with van der Waals surface area (Å²) in [4.78, 5) is 16.1. The molecule has 1 aromatic carbocycles. The Hall–Kier alpha value is -1.71. The van der Waals surface area contributed by atoms with Crippen LogP contribution in [-0.4, -0.2) is 49.9 Å². The van der Waals surface area contributed by atoms with Gasteiger partial charge in [0.2, 0.25) is 0 Å². The molecule has 3 N–H and O–H groups in total. The molecule has 0 spiro atoms. The largest absolute Gasteiger partial charge is 0.492 e. The summed E-state index contributed by atoms with van der Waals surface area (Å²) in [5.74, 6) is 1.47. The zero-order valence-electron chi connectivity index (χ0n) is 17.1. The number of carbonyl (C=O) groups excluding carboxylic acids is 1. The predicted molar refractivity (Wildman–Crippen MR) is 120 cm³/mol. The van der Waals surface area contributed by atoms with E-state index in [1.807, 2.05) is 65.0 Å². The molecule has 27 heavy (non-hydrogen) atoms. The van der Waals surface area contributed by atoms with Gasteiger partial charge in [0.25, 0.3) is 0 Å². The average molecular weight is 492 g/mol. The van der Waals surface area contributed by atoms with E-state index in [4.69, 9.17) is 9.47 Å². The van der Waals surface area contributed by atoms with Gasteiger partial charge in [0.15, 0.2) is 5.96 Å². The van der Waals surface area contributed by atoms with Crippen molar-refractivity contribution in [3.05, 3.63) is 30.3 Å². The van der Waals surface area contributed by atoms with Crippen LogP contribution in [0.25, 0.3) is 0 Å². The van der Waals surface area contributed by atoms with Crippen LogP contribution in [0.2, 0.25) is 0 Å². The normalized spacial score (nSPS) is 11.9. The Morgan fingerprint density at radius 3 is 2.26 bits per heavy atom. The van der Waals surface area contributed by atoms with Gasteiger partial charge < -0.3 is 25.4 Å². The molecule has 8 heteroatoms. The first-order valence-corrected chi connectivity index (χ1v) is 8.75. The van der Waals surface area contributed by atoms with Crippen molar-refractivity contribution in [2.75, 3.05) is 26.7 Å². The predicted octanol–water partition coefficient (Wildman–Crippen LogP) is 3.15. The highest BCUT2D eigenvalue weighted by atomic mass is 127. The standard InChI is InChI=1S/C19H32N4O3.HI/c1-18(2,3)26-17(24)23-19(4,5)14-22-16(20-6)21-12-13-25-15-10-8-7-9-11-15;/h7-11H,12-14H2,1-6H3,(H,23,24)(H2,20,21,22);1H. The molecular weight excluding hydrogens is 459 g/mol. The summed E-state index contributed by atoms with van der Waals surface area (Å²) in [6.45, 7) is 10.9. The van der Waals surface area contributed by atoms with E-state index >= 15 is 0 Å². The number of guanidine groups is 1. The fourth-order valence-corrected chi connectivity index (χ4v) is 2.00.